The molecule has 0 spiro atoms. The summed E-state index contributed by atoms with van der Waals surface area (Å²) in [6.07, 6.45) is 6.53. The third-order valence-electron chi connectivity index (χ3n) is 5.55. The largest absolute Gasteiger partial charge is 0.404 e. The smallest absolute Gasteiger partial charge is 0.129 e. The second-order valence-corrected chi connectivity index (χ2v) is 7.56. The number of ether oxygens (including phenoxy) is 1. The Labute approximate surface area is 177 Å². The number of aromatic nitrogens is 2. The number of nitrogens with one attached hydrogen (secondary N) is 3. The summed E-state index contributed by atoms with van der Waals surface area (Å²) in [4.78, 5) is 11.7. The van der Waals surface area contributed by atoms with Crippen molar-refractivity contribution in [2.45, 2.75) is 18.9 Å². The number of allylic oxidation sites excluding steroid dienone is 1. The Morgan fingerprint density at radius 1 is 1.23 bits per heavy atom. The first-order chi connectivity index (χ1) is 14.8. The van der Waals surface area contributed by atoms with Gasteiger partial charge in [0.2, 0.25) is 0 Å². The lowest BCUT2D eigenvalue weighted by Gasteiger charge is -2.29. The molecule has 2 aromatic rings. The third-order valence-corrected chi connectivity index (χ3v) is 5.55. The number of hydrogen-bond acceptors (Lipinski definition) is 8. The maximum atomic E-state index is 7.72. The van der Waals surface area contributed by atoms with E-state index in [2.05, 4.69) is 20.5 Å². The number of anilines is 2. The number of piperazine rings is 1. The van der Waals surface area contributed by atoms with E-state index in [9.17, 15) is 0 Å². The summed E-state index contributed by atoms with van der Waals surface area (Å²) in [6.45, 7) is 5.23. The zero-order valence-electron chi connectivity index (χ0n) is 17.1. The maximum Gasteiger partial charge on any atom is 0.129 e. The highest BCUT2D eigenvalue weighted by atomic mass is 16.5. The summed E-state index contributed by atoms with van der Waals surface area (Å²) in [6, 6.07) is 8.39. The highest BCUT2D eigenvalue weighted by Gasteiger charge is 2.17. The molecule has 0 aliphatic carbocycles. The predicted octanol–water partition coefficient (Wildman–Crippen LogP) is 2.09. The first-order valence-corrected chi connectivity index (χ1v) is 10.5. The van der Waals surface area contributed by atoms with Gasteiger partial charge < -0.3 is 31.4 Å². The fourth-order valence-electron chi connectivity index (χ4n) is 3.83. The van der Waals surface area contributed by atoms with Crippen molar-refractivity contribution >= 4 is 23.4 Å². The maximum absolute atomic E-state index is 7.72. The fraction of sp³-hybridized carbons (Fsp3) is 0.409. The molecule has 8 nitrogen and oxygen atoms in total. The molecule has 30 heavy (non-hydrogen) atoms. The van der Waals surface area contributed by atoms with Gasteiger partial charge in [0, 0.05) is 75.2 Å². The lowest BCUT2D eigenvalue weighted by atomic mass is 10.0. The average Bonchev–Trinajstić information content (AvgIpc) is 2.81. The lowest BCUT2D eigenvalue weighted by Crippen LogP contribution is -2.43. The minimum absolute atomic E-state index is 0.377. The number of pyridine rings is 2. The Morgan fingerprint density at radius 2 is 2.03 bits per heavy atom. The zero-order chi connectivity index (χ0) is 20.8. The van der Waals surface area contributed by atoms with E-state index in [1.165, 1.54) is 12.4 Å². The van der Waals surface area contributed by atoms with E-state index < -0.39 is 0 Å². The Hall–Kier alpha value is -2.97. The standard InChI is InChI=1S/C22H29N7O/c23-14-18(15-24)17-11-20(28-22(13-17)29-7-5-25-6-8-29)16-1-4-26-21(12-16)27-19-2-9-30-10-3-19/h1,4,11-15,19,23,25H,2-3,5-10,24H2,(H,26,27)/b18-15+,23-14?. The number of nitrogens with two attached hydrogens (primary N) is 1. The van der Waals surface area contributed by atoms with E-state index in [0.29, 0.717) is 11.6 Å². The van der Waals surface area contributed by atoms with Gasteiger partial charge in [0.1, 0.15) is 11.6 Å². The van der Waals surface area contributed by atoms with Crippen molar-refractivity contribution in [3.63, 3.8) is 0 Å². The Morgan fingerprint density at radius 3 is 2.77 bits per heavy atom. The summed E-state index contributed by atoms with van der Waals surface area (Å²) in [5.74, 6) is 1.75. The summed E-state index contributed by atoms with van der Waals surface area (Å²) in [5, 5.41) is 14.6. The predicted molar refractivity (Wildman–Crippen MR) is 121 cm³/mol. The molecule has 0 unspecified atom stereocenters. The van der Waals surface area contributed by atoms with Crippen LogP contribution in [0.1, 0.15) is 18.4 Å². The van der Waals surface area contributed by atoms with Crippen LogP contribution in [0.3, 0.4) is 0 Å². The van der Waals surface area contributed by atoms with Gasteiger partial charge in [0.15, 0.2) is 0 Å². The normalized spacial score (nSPS) is 18.3. The van der Waals surface area contributed by atoms with Gasteiger partial charge in [0.25, 0.3) is 0 Å². The van der Waals surface area contributed by atoms with E-state index in [1.54, 1.807) is 0 Å². The van der Waals surface area contributed by atoms with Gasteiger partial charge in [0.05, 0.1) is 5.69 Å². The molecule has 2 fully saturated rings. The summed E-state index contributed by atoms with van der Waals surface area (Å²) < 4.78 is 5.44. The Balaban J connectivity index is 1.67. The summed E-state index contributed by atoms with van der Waals surface area (Å²) in [7, 11) is 0. The molecule has 4 rings (SSSR count). The van der Waals surface area contributed by atoms with Crippen LogP contribution in [0.15, 0.2) is 36.7 Å². The van der Waals surface area contributed by atoms with Crippen molar-refractivity contribution < 1.29 is 4.74 Å². The van der Waals surface area contributed by atoms with Crippen molar-refractivity contribution in [2.24, 2.45) is 5.73 Å². The first-order valence-electron chi connectivity index (χ1n) is 10.5. The van der Waals surface area contributed by atoms with E-state index in [4.69, 9.17) is 20.9 Å². The number of hydrogen-bond donors (Lipinski definition) is 4. The van der Waals surface area contributed by atoms with Crippen LogP contribution < -0.4 is 21.3 Å². The minimum Gasteiger partial charge on any atom is -0.404 e. The molecule has 5 N–H and O–H groups in total. The van der Waals surface area contributed by atoms with E-state index in [0.717, 1.165) is 80.7 Å². The van der Waals surface area contributed by atoms with Crippen LogP contribution in [0.5, 0.6) is 0 Å². The highest BCUT2D eigenvalue weighted by Crippen LogP contribution is 2.28. The summed E-state index contributed by atoms with van der Waals surface area (Å²) >= 11 is 0. The molecule has 0 amide bonds. The van der Waals surface area contributed by atoms with Gasteiger partial charge in [-0.05, 0) is 42.7 Å². The Bertz CT molecular complexity index is 902. The van der Waals surface area contributed by atoms with E-state index >= 15 is 0 Å². The fourth-order valence-corrected chi connectivity index (χ4v) is 3.83. The molecule has 8 heteroatoms. The molecule has 0 bridgehead atoms. The van der Waals surface area contributed by atoms with Crippen LogP contribution in [0.25, 0.3) is 16.8 Å². The van der Waals surface area contributed by atoms with Gasteiger partial charge in [-0.1, -0.05) is 0 Å². The molecule has 2 saturated heterocycles. The van der Waals surface area contributed by atoms with Gasteiger partial charge in [-0.15, -0.1) is 0 Å². The third kappa shape index (κ3) is 4.77. The molecule has 4 heterocycles. The molecule has 2 aliphatic heterocycles. The molecule has 0 saturated carbocycles. The first kappa shape index (κ1) is 20.3. The average molecular weight is 408 g/mol. The molecule has 158 valence electrons. The van der Waals surface area contributed by atoms with Crippen molar-refractivity contribution in [3.05, 3.63) is 42.2 Å². The highest BCUT2D eigenvalue weighted by molar-refractivity contribution is 6.08. The monoisotopic (exact) mass is 407 g/mol. The van der Waals surface area contributed by atoms with Crippen LogP contribution in [-0.4, -0.2) is 61.6 Å². The van der Waals surface area contributed by atoms with Crippen LogP contribution in [0.2, 0.25) is 0 Å². The Kier molecular flexibility index (Phi) is 6.56. The molecular weight excluding hydrogens is 378 g/mol. The van der Waals surface area contributed by atoms with Crippen LogP contribution in [-0.2, 0) is 4.74 Å². The van der Waals surface area contributed by atoms with Gasteiger partial charge >= 0.3 is 0 Å². The van der Waals surface area contributed by atoms with Crippen molar-refractivity contribution in [1.29, 1.82) is 5.41 Å². The van der Waals surface area contributed by atoms with Crippen LogP contribution in [0.4, 0.5) is 11.6 Å². The van der Waals surface area contributed by atoms with Gasteiger partial charge in [-0.3, -0.25) is 0 Å². The molecule has 0 atom stereocenters. The SMILES string of the molecule is N=C/C(=C\N)c1cc(-c2ccnc(NC3CCOCC3)c2)nc(N2CCNCC2)c1. The molecule has 2 aromatic heterocycles. The quantitative estimate of drug-likeness (QED) is 0.543. The van der Waals surface area contributed by atoms with Gasteiger partial charge in [-0.2, -0.15) is 0 Å². The van der Waals surface area contributed by atoms with Gasteiger partial charge in [-0.25, -0.2) is 9.97 Å². The van der Waals surface area contributed by atoms with Crippen LogP contribution >= 0.6 is 0 Å². The second kappa shape index (κ2) is 9.69. The topological polar surface area (TPSA) is 112 Å². The van der Waals surface area contributed by atoms with Crippen molar-refractivity contribution in [2.75, 3.05) is 49.6 Å². The van der Waals surface area contributed by atoms with E-state index in [1.807, 2.05) is 30.5 Å². The summed E-state index contributed by atoms with van der Waals surface area (Å²) in [5.41, 5.74) is 9.17. The number of rotatable bonds is 6. The minimum atomic E-state index is 0.377. The molecule has 0 radical (unpaired) electrons. The van der Waals surface area contributed by atoms with E-state index in [-0.39, 0.29) is 0 Å². The molecular formula is C22H29N7O. The second-order valence-electron chi connectivity index (χ2n) is 7.56. The molecule has 0 aromatic carbocycles. The zero-order valence-corrected chi connectivity index (χ0v) is 17.1. The van der Waals surface area contributed by atoms with Crippen molar-refractivity contribution in [3.8, 4) is 11.3 Å². The molecule has 2 aliphatic rings. The lowest BCUT2D eigenvalue weighted by molar-refractivity contribution is 0.0904. The van der Waals surface area contributed by atoms with Crippen molar-refractivity contribution in [1.82, 2.24) is 15.3 Å². The number of nitrogens with zero attached hydrogens (tertiary/aromatic N) is 3. The van der Waals surface area contributed by atoms with Crippen LogP contribution in [0, 0.1) is 5.41 Å².